The molecule has 0 aliphatic heterocycles. The maximum Gasteiger partial charge on any atom is 0.387 e. The lowest BCUT2D eigenvalue weighted by atomic mass is 10.1. The van der Waals surface area contributed by atoms with Gasteiger partial charge in [-0.15, -0.1) is 5.10 Å². The maximum atomic E-state index is 12.6. The van der Waals surface area contributed by atoms with Gasteiger partial charge in [0.15, 0.2) is 5.69 Å². The quantitative estimate of drug-likeness (QED) is 0.734. The summed E-state index contributed by atoms with van der Waals surface area (Å²) in [6.45, 7) is 2.72. The average Bonchev–Trinajstić information content (AvgIpc) is 3.01. The molecule has 0 spiro atoms. The van der Waals surface area contributed by atoms with Gasteiger partial charge in [-0.05, 0) is 62.2 Å². The first-order valence-electron chi connectivity index (χ1n) is 8.22. The number of nitrogens with zero attached hydrogens (tertiary/aromatic N) is 3. The molecule has 0 fully saturated rings. The van der Waals surface area contributed by atoms with Gasteiger partial charge in [0.2, 0.25) is 0 Å². The maximum absolute atomic E-state index is 12.6. The SMILES string of the molecule is Cc1cccc(NC(=O)c2nnn(-c3ccc(OC(F)F)cc3)c2C)c1C. The Morgan fingerprint density at radius 3 is 2.48 bits per heavy atom. The van der Waals surface area contributed by atoms with E-state index in [4.69, 9.17) is 0 Å². The van der Waals surface area contributed by atoms with Crippen LogP contribution in [0.5, 0.6) is 5.75 Å². The van der Waals surface area contributed by atoms with Crippen LogP contribution in [-0.2, 0) is 0 Å². The number of benzene rings is 2. The van der Waals surface area contributed by atoms with Crippen molar-refractivity contribution in [1.82, 2.24) is 15.0 Å². The molecule has 0 saturated heterocycles. The van der Waals surface area contributed by atoms with Crippen LogP contribution in [0.15, 0.2) is 42.5 Å². The number of amides is 1. The Balaban J connectivity index is 1.82. The Bertz CT molecular complexity index is 968. The Labute approximate surface area is 154 Å². The number of halogens is 2. The zero-order valence-corrected chi connectivity index (χ0v) is 15.0. The number of nitrogens with one attached hydrogen (secondary N) is 1. The van der Waals surface area contributed by atoms with Crippen molar-refractivity contribution in [2.75, 3.05) is 5.32 Å². The van der Waals surface area contributed by atoms with Crippen LogP contribution in [0.3, 0.4) is 0 Å². The van der Waals surface area contributed by atoms with E-state index in [1.165, 1.54) is 16.8 Å². The molecule has 1 N–H and O–H groups in total. The van der Waals surface area contributed by atoms with Gasteiger partial charge in [0.05, 0.1) is 11.4 Å². The fraction of sp³-hybridized carbons (Fsp3) is 0.211. The highest BCUT2D eigenvalue weighted by Crippen LogP contribution is 2.21. The van der Waals surface area contributed by atoms with Crippen molar-refractivity contribution in [2.45, 2.75) is 27.4 Å². The summed E-state index contributed by atoms with van der Waals surface area (Å²) < 4.78 is 30.3. The van der Waals surface area contributed by atoms with Gasteiger partial charge in [-0.1, -0.05) is 17.3 Å². The van der Waals surface area contributed by atoms with Gasteiger partial charge in [0.1, 0.15) is 5.75 Å². The molecule has 0 aliphatic carbocycles. The van der Waals surface area contributed by atoms with Crippen LogP contribution >= 0.6 is 0 Å². The first kappa shape index (κ1) is 18.5. The van der Waals surface area contributed by atoms with Gasteiger partial charge in [0, 0.05) is 5.69 Å². The molecule has 27 heavy (non-hydrogen) atoms. The molecular weight excluding hydrogens is 354 g/mol. The average molecular weight is 372 g/mol. The van der Waals surface area contributed by atoms with E-state index >= 15 is 0 Å². The summed E-state index contributed by atoms with van der Waals surface area (Å²) in [5.41, 5.74) is 4.05. The summed E-state index contributed by atoms with van der Waals surface area (Å²) in [6, 6.07) is 11.6. The van der Waals surface area contributed by atoms with E-state index in [0.717, 1.165) is 11.1 Å². The highest BCUT2D eigenvalue weighted by Gasteiger charge is 2.18. The third-order valence-electron chi connectivity index (χ3n) is 4.27. The van der Waals surface area contributed by atoms with Crippen LogP contribution < -0.4 is 10.1 Å². The lowest BCUT2D eigenvalue weighted by Gasteiger charge is -2.10. The molecule has 3 rings (SSSR count). The van der Waals surface area contributed by atoms with Crippen molar-refractivity contribution in [2.24, 2.45) is 0 Å². The number of ether oxygens (including phenoxy) is 1. The number of aryl methyl sites for hydroxylation is 1. The molecule has 0 radical (unpaired) electrons. The van der Waals surface area contributed by atoms with E-state index in [-0.39, 0.29) is 17.4 Å². The predicted octanol–water partition coefficient (Wildman–Crippen LogP) is 4.05. The van der Waals surface area contributed by atoms with Crippen LogP contribution in [-0.4, -0.2) is 27.5 Å². The fourth-order valence-corrected chi connectivity index (χ4v) is 2.62. The summed E-state index contributed by atoms with van der Waals surface area (Å²) in [6.07, 6.45) is 0. The molecule has 0 unspecified atom stereocenters. The molecule has 1 aromatic heterocycles. The summed E-state index contributed by atoms with van der Waals surface area (Å²) in [5.74, 6) is -0.329. The Hall–Kier alpha value is -3.29. The number of hydrogen-bond acceptors (Lipinski definition) is 4. The number of alkyl halides is 2. The smallest absolute Gasteiger partial charge is 0.387 e. The van der Waals surface area contributed by atoms with Crippen molar-refractivity contribution in [3.63, 3.8) is 0 Å². The first-order valence-corrected chi connectivity index (χ1v) is 8.22. The van der Waals surface area contributed by atoms with Crippen molar-refractivity contribution < 1.29 is 18.3 Å². The molecule has 0 atom stereocenters. The number of rotatable bonds is 5. The molecule has 0 bridgehead atoms. The van der Waals surface area contributed by atoms with Crippen molar-refractivity contribution in [3.8, 4) is 11.4 Å². The third kappa shape index (κ3) is 3.94. The number of hydrogen-bond donors (Lipinski definition) is 1. The van der Waals surface area contributed by atoms with Gasteiger partial charge in [-0.25, -0.2) is 4.68 Å². The van der Waals surface area contributed by atoms with E-state index < -0.39 is 6.61 Å². The largest absolute Gasteiger partial charge is 0.435 e. The highest BCUT2D eigenvalue weighted by molar-refractivity contribution is 6.04. The molecule has 8 heteroatoms. The van der Waals surface area contributed by atoms with E-state index in [1.54, 1.807) is 19.1 Å². The number of anilines is 1. The monoisotopic (exact) mass is 372 g/mol. The summed E-state index contributed by atoms with van der Waals surface area (Å²) in [5, 5.41) is 10.8. The topological polar surface area (TPSA) is 69.0 Å². The molecule has 1 heterocycles. The molecule has 6 nitrogen and oxygen atoms in total. The summed E-state index contributed by atoms with van der Waals surface area (Å²) in [7, 11) is 0. The number of aromatic nitrogens is 3. The van der Waals surface area contributed by atoms with Gasteiger partial charge in [-0.2, -0.15) is 8.78 Å². The van der Waals surface area contributed by atoms with Crippen LogP contribution in [0, 0.1) is 20.8 Å². The van der Waals surface area contributed by atoms with Crippen molar-refractivity contribution in [1.29, 1.82) is 0 Å². The van der Waals surface area contributed by atoms with Gasteiger partial charge in [-0.3, -0.25) is 4.79 Å². The minimum atomic E-state index is -2.88. The Morgan fingerprint density at radius 1 is 1.11 bits per heavy atom. The van der Waals surface area contributed by atoms with E-state index in [2.05, 4.69) is 20.4 Å². The molecular formula is C19H18F2N4O2. The standard InChI is InChI=1S/C19H18F2N4O2/c1-11-5-4-6-16(12(11)2)22-18(26)17-13(3)25(24-23-17)14-7-9-15(10-8-14)27-19(20)21/h4-10,19H,1-3H3,(H,22,26). The number of carbonyl (C=O) groups excluding carboxylic acids is 1. The molecule has 0 aliphatic rings. The van der Waals surface area contributed by atoms with Gasteiger partial charge in [0.25, 0.3) is 5.91 Å². The second-order valence-electron chi connectivity index (χ2n) is 6.01. The molecule has 1 amide bonds. The second kappa shape index (κ2) is 7.53. The van der Waals surface area contributed by atoms with Crippen LogP contribution in [0.25, 0.3) is 5.69 Å². The Morgan fingerprint density at radius 2 is 1.81 bits per heavy atom. The predicted molar refractivity (Wildman–Crippen MR) is 96.6 cm³/mol. The number of carbonyl (C=O) groups is 1. The lowest BCUT2D eigenvalue weighted by Crippen LogP contribution is -2.15. The first-order chi connectivity index (χ1) is 12.9. The van der Waals surface area contributed by atoms with E-state index in [1.807, 2.05) is 32.0 Å². The lowest BCUT2D eigenvalue weighted by molar-refractivity contribution is -0.0498. The summed E-state index contributed by atoms with van der Waals surface area (Å²) >= 11 is 0. The van der Waals surface area contributed by atoms with Gasteiger partial charge >= 0.3 is 6.61 Å². The normalized spacial score (nSPS) is 10.9. The van der Waals surface area contributed by atoms with Crippen molar-refractivity contribution in [3.05, 3.63) is 65.0 Å². The molecule has 3 aromatic rings. The zero-order valence-electron chi connectivity index (χ0n) is 15.0. The molecule has 0 saturated carbocycles. The van der Waals surface area contributed by atoms with Crippen LogP contribution in [0.2, 0.25) is 0 Å². The van der Waals surface area contributed by atoms with Crippen molar-refractivity contribution >= 4 is 11.6 Å². The second-order valence-corrected chi connectivity index (χ2v) is 6.01. The van der Waals surface area contributed by atoms with Crippen LogP contribution in [0.4, 0.5) is 14.5 Å². The summed E-state index contributed by atoms with van der Waals surface area (Å²) in [4.78, 5) is 12.6. The van der Waals surface area contributed by atoms with E-state index in [9.17, 15) is 13.6 Å². The molecule has 140 valence electrons. The zero-order chi connectivity index (χ0) is 19.6. The van der Waals surface area contributed by atoms with Crippen LogP contribution in [0.1, 0.15) is 27.3 Å². The minimum absolute atomic E-state index is 0.0411. The fourth-order valence-electron chi connectivity index (χ4n) is 2.62. The molecule has 2 aromatic carbocycles. The minimum Gasteiger partial charge on any atom is -0.435 e. The van der Waals surface area contributed by atoms with Gasteiger partial charge < -0.3 is 10.1 Å². The highest BCUT2D eigenvalue weighted by atomic mass is 19.3. The third-order valence-corrected chi connectivity index (χ3v) is 4.27. The van der Waals surface area contributed by atoms with E-state index in [0.29, 0.717) is 17.1 Å². The Kier molecular flexibility index (Phi) is 5.16.